The molecule has 2 atom stereocenters. The number of likely N-dealkylation sites (tertiary alicyclic amines) is 1. The molecule has 0 saturated carbocycles. The molecule has 1 aromatic heterocycles. The summed E-state index contributed by atoms with van der Waals surface area (Å²) in [7, 11) is 1.87. The van der Waals surface area contributed by atoms with Crippen molar-refractivity contribution in [3.63, 3.8) is 0 Å². The maximum absolute atomic E-state index is 13.0. The first kappa shape index (κ1) is 20.3. The molecule has 0 aliphatic carbocycles. The zero-order valence-electron chi connectivity index (χ0n) is 17.6. The first-order valence-electron chi connectivity index (χ1n) is 10.6. The summed E-state index contributed by atoms with van der Waals surface area (Å²) < 4.78 is 5.62. The minimum atomic E-state index is -0.0203. The van der Waals surface area contributed by atoms with Gasteiger partial charge in [-0.3, -0.25) is 9.69 Å². The molecule has 4 rings (SSSR count). The van der Waals surface area contributed by atoms with Gasteiger partial charge in [-0.1, -0.05) is 72.2 Å². The minimum Gasteiger partial charge on any atom is -0.338 e. The fourth-order valence-corrected chi connectivity index (χ4v) is 3.99. The maximum atomic E-state index is 13.0. The van der Waals surface area contributed by atoms with Crippen LogP contribution in [0.2, 0.25) is 0 Å². The van der Waals surface area contributed by atoms with Crippen molar-refractivity contribution in [2.45, 2.75) is 38.3 Å². The van der Waals surface area contributed by atoms with Gasteiger partial charge < -0.3 is 9.42 Å². The van der Waals surface area contributed by atoms with Crippen molar-refractivity contribution in [2.24, 2.45) is 0 Å². The molecule has 30 heavy (non-hydrogen) atoms. The van der Waals surface area contributed by atoms with Gasteiger partial charge in [-0.25, -0.2) is 0 Å². The Hall–Kier alpha value is -2.99. The zero-order valence-corrected chi connectivity index (χ0v) is 17.6. The van der Waals surface area contributed by atoms with Gasteiger partial charge in [0.2, 0.25) is 17.6 Å². The molecule has 1 aliphatic rings. The van der Waals surface area contributed by atoms with Crippen molar-refractivity contribution in [3.05, 3.63) is 72.1 Å². The average molecular weight is 405 g/mol. The van der Waals surface area contributed by atoms with Gasteiger partial charge in [-0.05, 0) is 31.9 Å². The van der Waals surface area contributed by atoms with Crippen LogP contribution in [0.25, 0.3) is 11.4 Å². The Balaban J connectivity index is 1.46. The number of carbonyl (C=O) groups is 1. The highest BCUT2D eigenvalue weighted by Crippen LogP contribution is 2.31. The predicted molar refractivity (Wildman–Crippen MR) is 116 cm³/mol. The number of benzene rings is 2. The van der Waals surface area contributed by atoms with Crippen LogP contribution in [0.4, 0.5) is 0 Å². The van der Waals surface area contributed by atoms with Gasteiger partial charge in [-0.2, -0.15) is 4.98 Å². The Morgan fingerprint density at radius 3 is 2.57 bits per heavy atom. The smallest absolute Gasteiger partial charge is 0.244 e. The van der Waals surface area contributed by atoms with Gasteiger partial charge >= 0.3 is 0 Å². The summed E-state index contributed by atoms with van der Waals surface area (Å²) in [4.78, 5) is 21.7. The molecule has 6 heteroatoms. The molecule has 1 saturated heterocycles. The van der Waals surface area contributed by atoms with Gasteiger partial charge in [0.15, 0.2) is 0 Å². The summed E-state index contributed by atoms with van der Waals surface area (Å²) in [6, 6.07) is 19.9. The van der Waals surface area contributed by atoms with E-state index < -0.39 is 0 Å². The summed E-state index contributed by atoms with van der Waals surface area (Å²) in [6.07, 6.45) is 3.08. The average Bonchev–Trinajstić information content (AvgIpc) is 3.30. The molecular formula is C24H28N4O2. The van der Waals surface area contributed by atoms with Crippen LogP contribution in [0.3, 0.4) is 0 Å². The lowest BCUT2D eigenvalue weighted by Crippen LogP contribution is -2.43. The minimum absolute atomic E-state index is 0.0203. The first-order chi connectivity index (χ1) is 14.6. The van der Waals surface area contributed by atoms with Crippen LogP contribution < -0.4 is 0 Å². The van der Waals surface area contributed by atoms with Crippen molar-refractivity contribution in [3.8, 4) is 11.4 Å². The Morgan fingerprint density at radius 2 is 1.83 bits per heavy atom. The molecule has 3 aromatic rings. The van der Waals surface area contributed by atoms with E-state index in [0.717, 1.165) is 36.9 Å². The zero-order chi connectivity index (χ0) is 20.9. The standard InChI is InChI=1S/C24H28N4O2/c1-18(19-11-5-3-6-12-19)27(2)22(29)17-28-16-10-9-15-21(28)24-25-23(26-30-24)20-13-7-4-8-14-20/h3-8,11-14,18,21H,9-10,15-17H2,1-2H3. The highest BCUT2D eigenvalue weighted by molar-refractivity contribution is 5.78. The van der Waals surface area contributed by atoms with E-state index >= 15 is 0 Å². The molecular weight excluding hydrogens is 376 g/mol. The van der Waals surface area contributed by atoms with E-state index in [2.05, 4.69) is 34.1 Å². The number of aromatic nitrogens is 2. The third-order valence-electron chi connectivity index (χ3n) is 5.97. The van der Waals surface area contributed by atoms with Crippen LogP contribution in [0.5, 0.6) is 0 Å². The number of hydrogen-bond acceptors (Lipinski definition) is 5. The molecule has 156 valence electrons. The van der Waals surface area contributed by atoms with E-state index in [4.69, 9.17) is 4.52 Å². The summed E-state index contributed by atoms with van der Waals surface area (Å²) in [6.45, 7) is 3.26. The predicted octanol–water partition coefficient (Wildman–Crippen LogP) is 4.48. The van der Waals surface area contributed by atoms with Crippen LogP contribution >= 0.6 is 0 Å². The third-order valence-corrected chi connectivity index (χ3v) is 5.97. The number of amides is 1. The van der Waals surface area contributed by atoms with Gasteiger partial charge in [0, 0.05) is 12.6 Å². The SMILES string of the molecule is CC(c1ccccc1)N(C)C(=O)CN1CCCCC1c1nc(-c2ccccc2)no1. The summed E-state index contributed by atoms with van der Waals surface area (Å²) in [5.41, 5.74) is 2.07. The van der Waals surface area contributed by atoms with Crippen molar-refractivity contribution < 1.29 is 9.32 Å². The lowest BCUT2D eigenvalue weighted by molar-refractivity contribution is -0.134. The fraction of sp³-hybridized carbons (Fsp3) is 0.375. The van der Waals surface area contributed by atoms with Crippen molar-refractivity contribution >= 4 is 5.91 Å². The topological polar surface area (TPSA) is 62.5 Å². The van der Waals surface area contributed by atoms with Gasteiger partial charge in [0.1, 0.15) is 0 Å². The highest BCUT2D eigenvalue weighted by atomic mass is 16.5. The van der Waals surface area contributed by atoms with E-state index in [1.54, 1.807) is 0 Å². The number of piperidine rings is 1. The normalized spacial score (nSPS) is 18.1. The fourth-order valence-electron chi connectivity index (χ4n) is 3.99. The number of carbonyl (C=O) groups excluding carboxylic acids is 1. The monoisotopic (exact) mass is 404 g/mol. The quantitative estimate of drug-likeness (QED) is 0.606. The molecule has 2 aromatic carbocycles. The number of rotatable bonds is 6. The number of nitrogens with zero attached hydrogens (tertiary/aromatic N) is 4. The second-order valence-electron chi connectivity index (χ2n) is 7.90. The second kappa shape index (κ2) is 9.22. The summed E-state index contributed by atoms with van der Waals surface area (Å²) >= 11 is 0. The maximum Gasteiger partial charge on any atom is 0.244 e. The van der Waals surface area contributed by atoms with Crippen molar-refractivity contribution in [2.75, 3.05) is 20.1 Å². The lowest BCUT2D eigenvalue weighted by Gasteiger charge is -2.35. The van der Waals surface area contributed by atoms with Gasteiger partial charge in [0.05, 0.1) is 18.6 Å². The van der Waals surface area contributed by atoms with E-state index in [9.17, 15) is 4.79 Å². The molecule has 1 amide bonds. The molecule has 2 unspecified atom stereocenters. The third kappa shape index (κ3) is 4.44. The Kier molecular flexibility index (Phi) is 6.23. The summed E-state index contributed by atoms with van der Waals surface area (Å²) in [5, 5.41) is 4.17. The van der Waals surface area contributed by atoms with Crippen molar-refractivity contribution in [1.82, 2.24) is 19.9 Å². The molecule has 0 spiro atoms. The van der Waals surface area contributed by atoms with Gasteiger partial charge in [-0.15, -0.1) is 0 Å². The second-order valence-corrected chi connectivity index (χ2v) is 7.90. The van der Waals surface area contributed by atoms with E-state index in [-0.39, 0.29) is 18.0 Å². The number of likely N-dealkylation sites (N-methyl/N-ethyl adjacent to an activating group) is 1. The van der Waals surface area contributed by atoms with E-state index in [0.29, 0.717) is 18.3 Å². The van der Waals surface area contributed by atoms with Crippen molar-refractivity contribution in [1.29, 1.82) is 0 Å². The van der Waals surface area contributed by atoms with E-state index in [1.807, 2.05) is 60.5 Å². The Morgan fingerprint density at radius 1 is 1.13 bits per heavy atom. The van der Waals surface area contributed by atoms with Crippen LogP contribution in [-0.2, 0) is 4.79 Å². The lowest BCUT2D eigenvalue weighted by atomic mass is 10.0. The highest BCUT2D eigenvalue weighted by Gasteiger charge is 2.31. The van der Waals surface area contributed by atoms with Crippen LogP contribution in [0, 0.1) is 0 Å². The summed E-state index contributed by atoms with van der Waals surface area (Å²) in [5.74, 6) is 1.29. The number of hydrogen-bond donors (Lipinski definition) is 0. The molecule has 1 fully saturated rings. The Labute approximate surface area is 177 Å². The molecule has 2 heterocycles. The molecule has 0 N–H and O–H groups in total. The van der Waals surface area contributed by atoms with E-state index in [1.165, 1.54) is 0 Å². The molecule has 0 radical (unpaired) electrons. The van der Waals surface area contributed by atoms with Gasteiger partial charge in [0.25, 0.3) is 0 Å². The first-order valence-corrected chi connectivity index (χ1v) is 10.6. The Bertz CT molecular complexity index is 958. The molecule has 1 aliphatic heterocycles. The molecule has 6 nitrogen and oxygen atoms in total. The van der Waals surface area contributed by atoms with Crippen LogP contribution in [-0.4, -0.2) is 46.0 Å². The molecule has 0 bridgehead atoms. The van der Waals surface area contributed by atoms with Crippen LogP contribution in [0.15, 0.2) is 65.2 Å². The van der Waals surface area contributed by atoms with Crippen LogP contribution in [0.1, 0.15) is 49.7 Å². The largest absolute Gasteiger partial charge is 0.338 e.